The van der Waals surface area contributed by atoms with E-state index < -0.39 is 41.1 Å². The van der Waals surface area contributed by atoms with Gasteiger partial charge in [0.2, 0.25) is 23.3 Å². The molecule has 2 saturated heterocycles. The van der Waals surface area contributed by atoms with Gasteiger partial charge in [0.25, 0.3) is 5.91 Å². The Morgan fingerprint density at radius 1 is 1.12 bits per heavy atom. The van der Waals surface area contributed by atoms with Gasteiger partial charge < -0.3 is 21.1 Å². The first kappa shape index (κ1) is 22.1. The Kier molecular flexibility index (Phi) is 5.16. The quantitative estimate of drug-likeness (QED) is 0.520. The number of primary amides is 1. The third kappa shape index (κ3) is 2.96. The summed E-state index contributed by atoms with van der Waals surface area (Å²) in [6, 6.07) is 12.2. The molecular formula is C25H27N4O5+. The molecule has 176 valence electrons. The predicted octanol–water partition coefficient (Wildman–Crippen LogP) is 0.0274. The lowest BCUT2D eigenvalue weighted by Gasteiger charge is -2.26. The zero-order valence-corrected chi connectivity index (χ0v) is 19.0. The van der Waals surface area contributed by atoms with E-state index >= 15 is 0 Å². The number of para-hydroxylation sites is 2. The number of nitrogens with two attached hydrogens (primary N) is 2. The molecule has 3 heterocycles. The average Bonchev–Trinajstić information content (AvgIpc) is 3.39. The van der Waals surface area contributed by atoms with Crippen molar-refractivity contribution in [2.75, 3.05) is 12.4 Å². The maximum absolute atomic E-state index is 13.9. The standard InChI is InChI=1S/C25H26N4O5/c1-3-13-8-6-9-15-21(13)27-24(33)25(15)20-19(16(28-25)11-18(26)30)22(31)29(23(20)32)12-14-7-4-5-10-17(14)34-2/h4-10,16,19-20,28H,3,11-12H2,1-2H3,(H2,26,30)(H,27,33)/p+1/t16-,19-,20+,25-/m1/s1. The van der Waals surface area contributed by atoms with Crippen LogP contribution < -0.4 is 21.1 Å². The second kappa shape index (κ2) is 7.95. The first-order chi connectivity index (χ1) is 16.3. The molecule has 3 aliphatic rings. The third-order valence-electron chi connectivity index (χ3n) is 7.42. The molecule has 34 heavy (non-hydrogen) atoms. The number of benzene rings is 2. The van der Waals surface area contributed by atoms with Gasteiger partial charge in [0.1, 0.15) is 23.6 Å². The number of amides is 4. The number of quaternary nitrogens is 1. The van der Waals surface area contributed by atoms with E-state index in [1.807, 2.05) is 37.3 Å². The molecule has 2 aromatic carbocycles. The van der Waals surface area contributed by atoms with E-state index in [9.17, 15) is 19.2 Å². The maximum Gasteiger partial charge on any atom is 0.291 e. The lowest BCUT2D eigenvalue weighted by Crippen LogP contribution is -2.99. The largest absolute Gasteiger partial charge is 0.496 e. The minimum absolute atomic E-state index is 0.0253. The van der Waals surface area contributed by atoms with Crippen LogP contribution in [0.15, 0.2) is 42.5 Å². The van der Waals surface area contributed by atoms with Crippen molar-refractivity contribution in [1.29, 1.82) is 0 Å². The number of hydrogen-bond acceptors (Lipinski definition) is 5. The summed E-state index contributed by atoms with van der Waals surface area (Å²) >= 11 is 0. The zero-order valence-electron chi connectivity index (χ0n) is 19.0. The van der Waals surface area contributed by atoms with Crippen molar-refractivity contribution in [3.63, 3.8) is 0 Å². The van der Waals surface area contributed by atoms with E-state index in [0.29, 0.717) is 29.0 Å². The number of hydrogen-bond donors (Lipinski definition) is 3. The molecule has 0 aromatic heterocycles. The van der Waals surface area contributed by atoms with Crippen molar-refractivity contribution in [1.82, 2.24) is 4.90 Å². The van der Waals surface area contributed by atoms with Crippen LogP contribution in [0.25, 0.3) is 0 Å². The molecule has 0 saturated carbocycles. The van der Waals surface area contributed by atoms with Crippen LogP contribution >= 0.6 is 0 Å². The minimum atomic E-state index is -1.33. The topological polar surface area (TPSA) is 135 Å². The monoisotopic (exact) mass is 463 g/mol. The van der Waals surface area contributed by atoms with E-state index in [0.717, 1.165) is 5.56 Å². The molecule has 9 heteroatoms. The minimum Gasteiger partial charge on any atom is -0.496 e. The van der Waals surface area contributed by atoms with Gasteiger partial charge in [-0.25, -0.2) is 0 Å². The molecule has 0 unspecified atom stereocenters. The number of imide groups is 1. The summed E-state index contributed by atoms with van der Waals surface area (Å²) in [5.74, 6) is -2.95. The molecule has 5 N–H and O–H groups in total. The molecule has 9 nitrogen and oxygen atoms in total. The van der Waals surface area contributed by atoms with Crippen molar-refractivity contribution in [2.24, 2.45) is 17.6 Å². The number of methoxy groups -OCH3 is 1. The Hall–Kier alpha value is -3.72. The number of likely N-dealkylation sites (tertiary alicyclic amines) is 1. The molecule has 0 radical (unpaired) electrons. The Morgan fingerprint density at radius 2 is 1.85 bits per heavy atom. The Bertz CT molecular complexity index is 1230. The summed E-state index contributed by atoms with van der Waals surface area (Å²) < 4.78 is 5.40. The van der Waals surface area contributed by atoms with Crippen LogP contribution in [0, 0.1) is 11.8 Å². The number of fused-ring (bicyclic) bond motifs is 4. The molecule has 3 aliphatic heterocycles. The summed E-state index contributed by atoms with van der Waals surface area (Å²) in [6.07, 6.45) is 0.589. The van der Waals surface area contributed by atoms with Gasteiger partial charge in [-0.05, 0) is 18.1 Å². The fourth-order valence-corrected chi connectivity index (χ4v) is 5.98. The number of nitrogens with zero attached hydrogens (tertiary/aromatic N) is 1. The second-order valence-electron chi connectivity index (χ2n) is 9.10. The average molecular weight is 464 g/mol. The van der Waals surface area contributed by atoms with Crippen LogP contribution in [-0.2, 0) is 37.7 Å². The first-order valence-electron chi connectivity index (χ1n) is 11.4. The van der Waals surface area contributed by atoms with Gasteiger partial charge in [-0.1, -0.05) is 43.3 Å². The van der Waals surface area contributed by atoms with E-state index in [1.165, 1.54) is 12.0 Å². The molecule has 0 aliphatic carbocycles. The Labute approximate surface area is 196 Å². The van der Waals surface area contributed by atoms with Gasteiger partial charge in [-0.3, -0.25) is 24.1 Å². The molecule has 4 amide bonds. The maximum atomic E-state index is 13.9. The van der Waals surface area contributed by atoms with E-state index in [4.69, 9.17) is 10.5 Å². The van der Waals surface area contributed by atoms with Gasteiger partial charge in [0.15, 0.2) is 0 Å². The highest BCUT2D eigenvalue weighted by molar-refractivity contribution is 6.14. The molecule has 1 spiro atoms. The summed E-state index contributed by atoms with van der Waals surface area (Å²) in [7, 11) is 1.53. The van der Waals surface area contributed by atoms with Gasteiger partial charge in [0.05, 0.1) is 25.8 Å². The number of aryl methyl sites for hydroxylation is 1. The number of ether oxygens (including phenoxy) is 1. The summed E-state index contributed by atoms with van der Waals surface area (Å²) in [6.45, 7) is 2.01. The highest BCUT2D eigenvalue weighted by atomic mass is 16.5. The van der Waals surface area contributed by atoms with Crippen LogP contribution in [-0.4, -0.2) is 41.7 Å². The fourth-order valence-electron chi connectivity index (χ4n) is 5.98. The van der Waals surface area contributed by atoms with Gasteiger partial charge >= 0.3 is 0 Å². The Morgan fingerprint density at radius 3 is 2.56 bits per heavy atom. The molecule has 2 fully saturated rings. The number of rotatable bonds is 6. The molecule has 0 bridgehead atoms. The van der Waals surface area contributed by atoms with Gasteiger partial charge in [0, 0.05) is 11.1 Å². The molecule has 5 rings (SSSR count). The van der Waals surface area contributed by atoms with Gasteiger partial charge in [-0.2, -0.15) is 0 Å². The Balaban J connectivity index is 1.62. The number of anilines is 1. The fraction of sp³-hybridized carbons (Fsp3) is 0.360. The first-order valence-corrected chi connectivity index (χ1v) is 11.4. The van der Waals surface area contributed by atoms with Crippen molar-refractivity contribution in [2.45, 2.75) is 37.9 Å². The van der Waals surface area contributed by atoms with Crippen molar-refractivity contribution in [3.05, 3.63) is 59.2 Å². The second-order valence-corrected chi connectivity index (χ2v) is 9.10. The van der Waals surface area contributed by atoms with Crippen molar-refractivity contribution in [3.8, 4) is 5.75 Å². The van der Waals surface area contributed by atoms with Crippen molar-refractivity contribution < 1.29 is 29.2 Å². The van der Waals surface area contributed by atoms with Crippen LogP contribution in [0.4, 0.5) is 5.69 Å². The summed E-state index contributed by atoms with van der Waals surface area (Å²) in [4.78, 5) is 54.1. The molecule has 4 atom stereocenters. The van der Waals surface area contributed by atoms with Crippen molar-refractivity contribution >= 4 is 29.3 Å². The molecule has 2 aromatic rings. The number of carbonyl (C=O) groups excluding carboxylic acids is 4. The van der Waals surface area contributed by atoms with Crippen LogP contribution in [0.3, 0.4) is 0 Å². The highest BCUT2D eigenvalue weighted by Crippen LogP contribution is 2.50. The summed E-state index contributed by atoms with van der Waals surface area (Å²) in [5.41, 5.74) is 7.18. The van der Waals surface area contributed by atoms with E-state index in [2.05, 4.69) is 5.32 Å². The van der Waals surface area contributed by atoms with Gasteiger partial charge in [-0.15, -0.1) is 0 Å². The van der Waals surface area contributed by atoms with Crippen LogP contribution in [0.1, 0.15) is 30.0 Å². The summed E-state index contributed by atoms with van der Waals surface area (Å²) in [5, 5.41) is 4.69. The number of nitrogens with one attached hydrogen (secondary N) is 1. The highest BCUT2D eigenvalue weighted by Gasteiger charge is 2.74. The van der Waals surface area contributed by atoms with E-state index in [1.54, 1.807) is 17.4 Å². The van der Waals surface area contributed by atoms with Crippen LogP contribution in [0.5, 0.6) is 5.75 Å². The smallest absolute Gasteiger partial charge is 0.291 e. The lowest BCUT2D eigenvalue weighted by atomic mass is 9.76. The van der Waals surface area contributed by atoms with Crippen LogP contribution in [0.2, 0.25) is 0 Å². The SMILES string of the molecule is CCc1cccc2c1NC(=O)[C@@]21[NH2+][C@H](CC(N)=O)[C@H]2C(=O)N(Cc3ccccc3OC)C(=O)[C@H]21. The molecular weight excluding hydrogens is 436 g/mol. The third-order valence-corrected chi connectivity index (χ3v) is 7.42. The predicted molar refractivity (Wildman–Crippen MR) is 121 cm³/mol. The van der Waals surface area contributed by atoms with E-state index in [-0.39, 0.29) is 18.9 Å². The lowest BCUT2D eigenvalue weighted by molar-refractivity contribution is -0.732. The normalized spacial score (nSPS) is 27.2. The zero-order chi connectivity index (χ0) is 24.2. The number of carbonyl (C=O) groups is 4.